The van der Waals surface area contributed by atoms with Crippen molar-refractivity contribution in [3.8, 4) is 17.2 Å². The van der Waals surface area contributed by atoms with E-state index >= 15 is 0 Å². The number of methoxy groups -OCH3 is 1. The number of ether oxygens (including phenoxy) is 3. The van der Waals surface area contributed by atoms with Crippen molar-refractivity contribution in [1.82, 2.24) is 0 Å². The second-order valence-corrected chi connectivity index (χ2v) is 7.37. The summed E-state index contributed by atoms with van der Waals surface area (Å²) in [5.41, 5.74) is 1.13. The van der Waals surface area contributed by atoms with Crippen LogP contribution in [0.25, 0.3) is 0 Å². The third-order valence-corrected chi connectivity index (χ3v) is 5.86. The Morgan fingerprint density at radius 2 is 1.75 bits per heavy atom. The fourth-order valence-corrected chi connectivity index (χ4v) is 3.94. The van der Waals surface area contributed by atoms with Crippen LogP contribution in [0.15, 0.2) is 41.3 Å². The van der Waals surface area contributed by atoms with E-state index in [1.165, 1.54) is 11.4 Å². The van der Waals surface area contributed by atoms with Gasteiger partial charge in [0, 0.05) is 13.1 Å². The molecule has 0 bridgehead atoms. The van der Waals surface area contributed by atoms with Crippen LogP contribution in [0, 0.1) is 6.92 Å². The molecule has 0 saturated heterocycles. The minimum Gasteiger partial charge on any atom is -0.497 e. The predicted molar refractivity (Wildman–Crippen MR) is 90.8 cm³/mol. The van der Waals surface area contributed by atoms with Crippen LogP contribution >= 0.6 is 0 Å². The van der Waals surface area contributed by atoms with Crippen LogP contribution in [-0.2, 0) is 10.0 Å². The maximum atomic E-state index is 12.9. The van der Waals surface area contributed by atoms with Crippen molar-refractivity contribution >= 4 is 15.7 Å². The fourth-order valence-electron chi connectivity index (χ4n) is 2.55. The molecule has 0 fully saturated rings. The van der Waals surface area contributed by atoms with Crippen molar-refractivity contribution in [3.63, 3.8) is 0 Å². The first-order chi connectivity index (χ1) is 11.4. The molecule has 0 unspecified atom stereocenters. The summed E-state index contributed by atoms with van der Waals surface area (Å²) in [7, 11) is -0.629. The van der Waals surface area contributed by atoms with E-state index in [9.17, 15) is 8.42 Å². The maximum absolute atomic E-state index is 12.9. The lowest BCUT2D eigenvalue weighted by Gasteiger charge is -2.24. The highest BCUT2D eigenvalue weighted by Gasteiger charge is 2.25. The highest BCUT2D eigenvalue weighted by molar-refractivity contribution is 7.92. The summed E-state index contributed by atoms with van der Waals surface area (Å²) in [6, 6.07) is 9.98. The smallest absolute Gasteiger partial charge is 0.264 e. The van der Waals surface area contributed by atoms with E-state index in [4.69, 9.17) is 14.2 Å². The second kappa shape index (κ2) is 6.24. The summed E-state index contributed by atoms with van der Waals surface area (Å²) < 4.78 is 43.2. The number of hydrogen-bond donors (Lipinski definition) is 0. The van der Waals surface area contributed by atoms with Crippen molar-refractivity contribution in [3.05, 3.63) is 42.0 Å². The predicted octanol–water partition coefficient (Wildman–Crippen LogP) is 2.60. The van der Waals surface area contributed by atoms with E-state index in [0.29, 0.717) is 41.7 Å². The van der Waals surface area contributed by atoms with Gasteiger partial charge in [-0.2, -0.15) is 0 Å². The number of aryl methyl sites for hydroxylation is 1. The van der Waals surface area contributed by atoms with E-state index in [-0.39, 0.29) is 4.90 Å². The molecule has 0 N–H and O–H groups in total. The Morgan fingerprint density at radius 1 is 1.04 bits per heavy atom. The van der Waals surface area contributed by atoms with Crippen LogP contribution in [0.4, 0.5) is 5.69 Å². The average molecular weight is 349 g/mol. The van der Waals surface area contributed by atoms with Crippen LogP contribution < -0.4 is 18.5 Å². The van der Waals surface area contributed by atoms with Gasteiger partial charge < -0.3 is 14.2 Å². The molecule has 0 amide bonds. The Morgan fingerprint density at radius 3 is 2.42 bits per heavy atom. The summed E-state index contributed by atoms with van der Waals surface area (Å²) in [6.45, 7) is 2.68. The SMILES string of the molecule is COc1ccc(S(=O)(=O)N(C)c2ccc3c(c2)OCCO3)c(C)c1. The molecule has 0 spiro atoms. The highest BCUT2D eigenvalue weighted by Crippen LogP contribution is 2.35. The molecule has 0 radical (unpaired) electrons. The summed E-state index contributed by atoms with van der Waals surface area (Å²) in [4.78, 5) is 0.237. The van der Waals surface area contributed by atoms with Gasteiger partial charge in [-0.05, 0) is 42.8 Å². The zero-order valence-corrected chi connectivity index (χ0v) is 14.6. The van der Waals surface area contributed by atoms with Gasteiger partial charge in [0.1, 0.15) is 19.0 Å². The van der Waals surface area contributed by atoms with Gasteiger partial charge in [-0.25, -0.2) is 8.42 Å². The molecular weight excluding hydrogens is 330 g/mol. The molecule has 24 heavy (non-hydrogen) atoms. The molecule has 1 heterocycles. The van der Waals surface area contributed by atoms with Crippen LogP contribution in [-0.4, -0.2) is 35.8 Å². The number of fused-ring (bicyclic) bond motifs is 1. The number of sulfonamides is 1. The number of hydrogen-bond acceptors (Lipinski definition) is 5. The fraction of sp³-hybridized carbons (Fsp3) is 0.294. The average Bonchev–Trinajstić information content (AvgIpc) is 2.60. The highest BCUT2D eigenvalue weighted by atomic mass is 32.2. The van der Waals surface area contributed by atoms with Gasteiger partial charge in [0.25, 0.3) is 10.0 Å². The molecule has 7 heteroatoms. The lowest BCUT2D eigenvalue weighted by atomic mass is 10.2. The third-order valence-electron chi connectivity index (χ3n) is 3.91. The van der Waals surface area contributed by atoms with Gasteiger partial charge in [0.15, 0.2) is 11.5 Å². The normalized spacial score (nSPS) is 13.5. The molecule has 128 valence electrons. The first kappa shape index (κ1) is 16.4. The monoisotopic (exact) mass is 349 g/mol. The van der Waals surface area contributed by atoms with Crippen molar-refractivity contribution < 1.29 is 22.6 Å². The van der Waals surface area contributed by atoms with E-state index < -0.39 is 10.0 Å². The van der Waals surface area contributed by atoms with Gasteiger partial charge in [0.2, 0.25) is 0 Å². The summed E-state index contributed by atoms with van der Waals surface area (Å²) in [5, 5.41) is 0. The lowest BCUT2D eigenvalue weighted by molar-refractivity contribution is 0.171. The largest absolute Gasteiger partial charge is 0.497 e. The zero-order valence-electron chi connectivity index (χ0n) is 13.8. The zero-order chi connectivity index (χ0) is 17.3. The molecule has 0 saturated carbocycles. The van der Waals surface area contributed by atoms with Crippen molar-refractivity contribution in [2.75, 3.05) is 31.7 Å². The molecule has 1 aliphatic rings. The Bertz CT molecular complexity index is 863. The summed E-state index contributed by atoms with van der Waals surface area (Å²) in [6.07, 6.45) is 0. The molecule has 0 aromatic heterocycles. The van der Waals surface area contributed by atoms with Gasteiger partial charge >= 0.3 is 0 Å². The van der Waals surface area contributed by atoms with Gasteiger partial charge in [-0.1, -0.05) is 0 Å². The maximum Gasteiger partial charge on any atom is 0.264 e. The second-order valence-electron chi connectivity index (χ2n) is 5.43. The van der Waals surface area contributed by atoms with Crippen LogP contribution in [0.1, 0.15) is 5.56 Å². The Balaban J connectivity index is 1.97. The van der Waals surface area contributed by atoms with Gasteiger partial charge in [-0.15, -0.1) is 0 Å². The van der Waals surface area contributed by atoms with Crippen LogP contribution in [0.2, 0.25) is 0 Å². The lowest BCUT2D eigenvalue weighted by Crippen LogP contribution is -2.27. The van der Waals surface area contributed by atoms with Crippen molar-refractivity contribution in [2.45, 2.75) is 11.8 Å². The molecular formula is C17H19NO5S. The van der Waals surface area contributed by atoms with E-state index in [0.717, 1.165) is 0 Å². The summed E-state index contributed by atoms with van der Waals surface area (Å²) in [5.74, 6) is 1.79. The minimum absolute atomic E-state index is 0.237. The minimum atomic E-state index is -3.69. The number of anilines is 1. The summed E-state index contributed by atoms with van der Waals surface area (Å²) >= 11 is 0. The molecule has 0 aliphatic carbocycles. The Labute approximate surface area is 141 Å². The number of benzene rings is 2. The Hall–Kier alpha value is -2.41. The molecule has 2 aromatic carbocycles. The molecule has 3 rings (SSSR count). The van der Waals surface area contributed by atoms with Crippen LogP contribution in [0.3, 0.4) is 0 Å². The topological polar surface area (TPSA) is 65.1 Å². The molecule has 1 aliphatic heterocycles. The third kappa shape index (κ3) is 2.87. The Kier molecular flexibility index (Phi) is 4.28. The molecule has 6 nitrogen and oxygen atoms in total. The van der Waals surface area contributed by atoms with Crippen molar-refractivity contribution in [1.29, 1.82) is 0 Å². The number of rotatable bonds is 4. The molecule has 2 aromatic rings. The quantitative estimate of drug-likeness (QED) is 0.849. The van der Waals surface area contributed by atoms with Gasteiger partial charge in [0.05, 0.1) is 17.7 Å². The van der Waals surface area contributed by atoms with Crippen LogP contribution in [0.5, 0.6) is 17.2 Å². The first-order valence-corrected chi connectivity index (χ1v) is 8.90. The standard InChI is InChI=1S/C17H19NO5S/c1-12-10-14(21-3)5-7-17(12)24(19,20)18(2)13-4-6-15-16(11-13)23-9-8-22-15/h4-7,10-11H,8-9H2,1-3H3. The van der Waals surface area contributed by atoms with Gasteiger partial charge in [-0.3, -0.25) is 4.31 Å². The van der Waals surface area contributed by atoms with E-state index in [1.54, 1.807) is 50.4 Å². The molecule has 0 atom stereocenters. The number of nitrogens with zero attached hydrogens (tertiary/aromatic N) is 1. The van der Waals surface area contributed by atoms with E-state index in [1.807, 2.05) is 0 Å². The first-order valence-electron chi connectivity index (χ1n) is 7.46. The van der Waals surface area contributed by atoms with E-state index in [2.05, 4.69) is 0 Å². The van der Waals surface area contributed by atoms with Crippen molar-refractivity contribution in [2.24, 2.45) is 0 Å².